The molecule has 0 heterocycles. The zero-order chi connectivity index (χ0) is 16.5. The quantitative estimate of drug-likeness (QED) is 0.510. The molecule has 0 amide bonds. The van der Waals surface area contributed by atoms with E-state index >= 15 is 0 Å². The molecule has 0 aliphatic heterocycles. The minimum absolute atomic E-state index is 0.285. The molecule has 0 radical (unpaired) electrons. The van der Waals surface area contributed by atoms with Crippen LogP contribution in [-0.4, -0.2) is 0 Å². The predicted octanol–water partition coefficient (Wildman–Crippen LogP) is 6.62. The van der Waals surface area contributed by atoms with E-state index in [4.69, 9.17) is 0 Å². The molecule has 0 nitrogen and oxygen atoms in total. The highest BCUT2D eigenvalue weighted by Gasteiger charge is 2.11. The van der Waals surface area contributed by atoms with Gasteiger partial charge in [-0.2, -0.15) is 0 Å². The van der Waals surface area contributed by atoms with Crippen molar-refractivity contribution in [3.05, 3.63) is 70.8 Å². The van der Waals surface area contributed by atoms with E-state index in [9.17, 15) is 0 Å². The molecule has 2 rings (SSSR count). The van der Waals surface area contributed by atoms with Crippen molar-refractivity contribution in [2.75, 3.05) is 0 Å². The molecular formula is C21H32. The average molecular weight is 284 g/mol. The highest BCUT2D eigenvalue weighted by Crippen LogP contribution is 2.21. The Morgan fingerprint density at radius 1 is 0.524 bits per heavy atom. The van der Waals surface area contributed by atoms with Gasteiger partial charge in [-0.1, -0.05) is 99.8 Å². The van der Waals surface area contributed by atoms with E-state index in [1.165, 1.54) is 22.3 Å². The SMILES string of the molecule is CC.Cc1ccc(C(C)(C)C)cc1.Cc1ccc(C)cc1. The third-order valence-corrected chi connectivity index (χ3v) is 3.14. The van der Waals surface area contributed by atoms with Crippen molar-refractivity contribution in [1.82, 2.24) is 0 Å². The first-order valence-corrected chi connectivity index (χ1v) is 7.89. The highest BCUT2D eigenvalue weighted by molar-refractivity contribution is 5.26. The van der Waals surface area contributed by atoms with Crippen LogP contribution < -0.4 is 0 Å². The molecule has 0 aromatic heterocycles. The van der Waals surface area contributed by atoms with E-state index in [2.05, 4.69) is 90.1 Å². The lowest BCUT2D eigenvalue weighted by atomic mass is 9.87. The summed E-state index contributed by atoms with van der Waals surface area (Å²) in [5.41, 5.74) is 5.68. The summed E-state index contributed by atoms with van der Waals surface area (Å²) < 4.78 is 0. The van der Waals surface area contributed by atoms with Gasteiger partial charge in [0.25, 0.3) is 0 Å². The number of aryl methyl sites for hydroxylation is 3. The molecule has 116 valence electrons. The van der Waals surface area contributed by atoms with Gasteiger partial charge in [0.05, 0.1) is 0 Å². The fourth-order valence-electron chi connectivity index (χ4n) is 1.69. The Morgan fingerprint density at radius 2 is 0.762 bits per heavy atom. The van der Waals surface area contributed by atoms with Crippen molar-refractivity contribution >= 4 is 0 Å². The average Bonchev–Trinajstić information content (AvgIpc) is 2.44. The van der Waals surface area contributed by atoms with Crippen molar-refractivity contribution in [2.45, 2.75) is 60.8 Å². The Balaban J connectivity index is 0.000000354. The van der Waals surface area contributed by atoms with Gasteiger partial charge in [0.2, 0.25) is 0 Å². The second kappa shape index (κ2) is 9.39. The molecule has 0 atom stereocenters. The monoisotopic (exact) mass is 284 g/mol. The smallest absolute Gasteiger partial charge is 0.0132 e. The second-order valence-electron chi connectivity index (χ2n) is 6.27. The highest BCUT2D eigenvalue weighted by atomic mass is 14.2. The van der Waals surface area contributed by atoms with E-state index in [1.54, 1.807) is 0 Å². The van der Waals surface area contributed by atoms with Crippen molar-refractivity contribution in [3.8, 4) is 0 Å². The van der Waals surface area contributed by atoms with Crippen LogP contribution in [-0.2, 0) is 5.41 Å². The molecule has 0 unspecified atom stereocenters. The lowest BCUT2D eigenvalue weighted by Gasteiger charge is -2.18. The van der Waals surface area contributed by atoms with Crippen molar-refractivity contribution in [3.63, 3.8) is 0 Å². The lowest BCUT2D eigenvalue weighted by Crippen LogP contribution is -2.10. The van der Waals surface area contributed by atoms with Crippen molar-refractivity contribution in [1.29, 1.82) is 0 Å². The first kappa shape index (κ1) is 19.4. The maximum Gasteiger partial charge on any atom is -0.0132 e. The largest absolute Gasteiger partial charge is 0.0683 e. The number of rotatable bonds is 0. The molecule has 0 N–H and O–H groups in total. The van der Waals surface area contributed by atoms with E-state index in [0.29, 0.717) is 0 Å². The second-order valence-corrected chi connectivity index (χ2v) is 6.27. The number of benzene rings is 2. The minimum atomic E-state index is 0.285. The third-order valence-electron chi connectivity index (χ3n) is 3.14. The maximum absolute atomic E-state index is 2.23. The maximum atomic E-state index is 2.23. The minimum Gasteiger partial charge on any atom is -0.0683 e. The molecule has 0 aliphatic carbocycles. The van der Waals surface area contributed by atoms with Gasteiger partial charge in [-0.05, 0) is 31.7 Å². The van der Waals surface area contributed by atoms with Gasteiger partial charge < -0.3 is 0 Å². The van der Waals surface area contributed by atoms with Crippen LogP contribution in [0.25, 0.3) is 0 Å². The van der Waals surface area contributed by atoms with E-state index in [-0.39, 0.29) is 5.41 Å². The van der Waals surface area contributed by atoms with Crippen LogP contribution in [0, 0.1) is 20.8 Å². The zero-order valence-electron chi connectivity index (χ0n) is 15.1. The Bertz CT molecular complexity index is 460. The molecule has 0 bridgehead atoms. The Hall–Kier alpha value is -1.56. The molecule has 0 spiro atoms. The van der Waals surface area contributed by atoms with Gasteiger partial charge in [0.1, 0.15) is 0 Å². The molecule has 0 heteroatoms. The number of hydrogen-bond acceptors (Lipinski definition) is 0. The van der Waals surface area contributed by atoms with Gasteiger partial charge in [-0.25, -0.2) is 0 Å². The summed E-state index contributed by atoms with van der Waals surface area (Å²) in [5, 5.41) is 0. The van der Waals surface area contributed by atoms with Gasteiger partial charge in [0.15, 0.2) is 0 Å². The summed E-state index contributed by atoms with van der Waals surface area (Å²) >= 11 is 0. The van der Waals surface area contributed by atoms with Crippen LogP contribution in [0.3, 0.4) is 0 Å². The number of hydrogen-bond donors (Lipinski definition) is 0. The Morgan fingerprint density at radius 3 is 1.00 bits per heavy atom. The van der Waals surface area contributed by atoms with Crippen LogP contribution in [0.4, 0.5) is 0 Å². The molecule has 2 aromatic rings. The van der Waals surface area contributed by atoms with E-state index < -0.39 is 0 Å². The molecule has 21 heavy (non-hydrogen) atoms. The summed E-state index contributed by atoms with van der Waals surface area (Å²) in [7, 11) is 0. The summed E-state index contributed by atoms with van der Waals surface area (Å²) in [6.07, 6.45) is 0. The Labute approximate surface area is 132 Å². The topological polar surface area (TPSA) is 0 Å². The van der Waals surface area contributed by atoms with Gasteiger partial charge >= 0.3 is 0 Å². The lowest BCUT2D eigenvalue weighted by molar-refractivity contribution is 0.590. The first-order chi connectivity index (χ1) is 9.79. The summed E-state index contributed by atoms with van der Waals surface area (Å²) in [4.78, 5) is 0. The van der Waals surface area contributed by atoms with Crippen molar-refractivity contribution in [2.24, 2.45) is 0 Å². The van der Waals surface area contributed by atoms with Crippen LogP contribution in [0.2, 0.25) is 0 Å². The van der Waals surface area contributed by atoms with Crippen LogP contribution in [0.1, 0.15) is 56.9 Å². The van der Waals surface area contributed by atoms with Crippen LogP contribution in [0.15, 0.2) is 48.5 Å². The van der Waals surface area contributed by atoms with Gasteiger partial charge in [-0.3, -0.25) is 0 Å². The molecule has 0 saturated carbocycles. The van der Waals surface area contributed by atoms with Gasteiger partial charge in [0, 0.05) is 0 Å². The molecule has 2 aromatic carbocycles. The van der Waals surface area contributed by atoms with Gasteiger partial charge in [-0.15, -0.1) is 0 Å². The van der Waals surface area contributed by atoms with E-state index in [1.807, 2.05) is 13.8 Å². The summed E-state index contributed by atoms with van der Waals surface area (Å²) in [6.45, 7) is 17.0. The van der Waals surface area contributed by atoms with Crippen LogP contribution >= 0.6 is 0 Å². The molecular weight excluding hydrogens is 252 g/mol. The zero-order valence-corrected chi connectivity index (χ0v) is 15.1. The summed E-state index contributed by atoms with van der Waals surface area (Å²) in [5.74, 6) is 0. The first-order valence-electron chi connectivity index (χ1n) is 7.89. The molecule has 0 saturated heterocycles. The summed E-state index contributed by atoms with van der Waals surface area (Å²) in [6, 6.07) is 17.2. The van der Waals surface area contributed by atoms with Crippen molar-refractivity contribution < 1.29 is 0 Å². The predicted molar refractivity (Wildman–Crippen MR) is 97.1 cm³/mol. The molecule has 0 aliphatic rings. The Kier molecular flexibility index (Phi) is 8.69. The molecule has 0 fully saturated rings. The fraction of sp³-hybridized carbons (Fsp3) is 0.429. The normalized spacial score (nSPS) is 9.90. The van der Waals surface area contributed by atoms with Crippen LogP contribution in [0.5, 0.6) is 0 Å². The van der Waals surface area contributed by atoms with E-state index in [0.717, 1.165) is 0 Å². The third kappa shape index (κ3) is 8.34. The standard InChI is InChI=1S/C11H16.C8H10.C2H6/c1-9-5-7-10(8-6-9)11(2,3)4;1-7-3-5-8(2)6-4-7;1-2/h5-8H,1-4H3;3-6H,1-2H3;1-2H3. The fourth-order valence-corrected chi connectivity index (χ4v) is 1.69.